The molecular weight excluding hydrogens is 1170 g/mol. The minimum Gasteiger partial charge on any atom is -0.481 e. The molecule has 13 rings (SSSR count). The van der Waals surface area contributed by atoms with Crippen LogP contribution in [-0.4, -0.2) is 99.1 Å². The second kappa shape index (κ2) is 25.3. The zero-order valence-electron chi connectivity index (χ0n) is 56.9. The predicted molar refractivity (Wildman–Crippen MR) is 354 cm³/mol. The fourth-order valence-corrected chi connectivity index (χ4v) is 22.7. The van der Waals surface area contributed by atoms with Gasteiger partial charge in [0, 0.05) is 58.9 Å². The van der Waals surface area contributed by atoms with Crippen molar-refractivity contribution in [1.29, 1.82) is 0 Å². The molecule has 3 heterocycles. The van der Waals surface area contributed by atoms with Crippen LogP contribution >= 0.6 is 0 Å². The maximum atomic E-state index is 13.7. The van der Waals surface area contributed by atoms with Crippen molar-refractivity contribution in [2.75, 3.05) is 6.54 Å². The van der Waals surface area contributed by atoms with E-state index in [9.17, 15) is 34.2 Å². The van der Waals surface area contributed by atoms with Crippen LogP contribution in [0.4, 0.5) is 4.79 Å². The van der Waals surface area contributed by atoms with E-state index in [1.807, 2.05) is 32.9 Å². The Hall–Kier alpha value is -6.33. The van der Waals surface area contributed by atoms with Crippen LogP contribution in [0.2, 0.25) is 0 Å². The smallest absolute Gasteiger partial charge is 0.407 e. The van der Waals surface area contributed by atoms with Crippen LogP contribution in [0, 0.1) is 92.7 Å². The molecule has 8 fully saturated rings. The number of nitrogens with zero attached hydrogens (tertiary/aromatic N) is 7. The van der Waals surface area contributed by atoms with Crippen molar-refractivity contribution in [2.45, 2.75) is 241 Å². The van der Waals surface area contributed by atoms with E-state index in [4.69, 9.17) is 14.2 Å². The second-order valence-electron chi connectivity index (χ2n) is 33.0. The molecule has 3 aromatic heterocycles. The molecule has 0 spiro atoms. The number of rotatable bonds is 19. The maximum Gasteiger partial charge on any atom is 0.407 e. The summed E-state index contributed by atoms with van der Waals surface area (Å²) in [7, 11) is 0. The normalized spacial score (nSPS) is 34.5. The molecule has 18 nitrogen and oxygen atoms in total. The fourth-order valence-electron chi connectivity index (χ4n) is 22.7. The Kier molecular flexibility index (Phi) is 17.8. The third kappa shape index (κ3) is 12.5. The molecular formula is C75H104N8O10. The molecule has 8 saturated carbocycles. The van der Waals surface area contributed by atoms with Crippen LogP contribution in [0.5, 0.6) is 0 Å². The molecule has 93 heavy (non-hydrogen) atoms. The van der Waals surface area contributed by atoms with E-state index in [-0.39, 0.29) is 60.9 Å². The van der Waals surface area contributed by atoms with E-state index in [0.717, 1.165) is 96.1 Å². The summed E-state index contributed by atoms with van der Waals surface area (Å²) in [5.41, 5.74) is 5.11. The van der Waals surface area contributed by atoms with Gasteiger partial charge in [-0.3, -0.25) is 19.2 Å². The molecule has 18 atom stereocenters. The Balaban J connectivity index is 0.640. The number of fused-ring (bicyclic) bond motifs is 13. The van der Waals surface area contributed by atoms with Crippen molar-refractivity contribution < 1.29 is 48.4 Å². The first-order valence-corrected chi connectivity index (χ1v) is 36.0. The first-order valence-electron chi connectivity index (χ1n) is 36.0. The lowest BCUT2D eigenvalue weighted by atomic mass is 9.44. The van der Waals surface area contributed by atoms with Crippen LogP contribution in [0.25, 0.3) is 44.3 Å². The lowest BCUT2D eigenvalue weighted by Gasteiger charge is -2.61. The Morgan fingerprint density at radius 3 is 1.44 bits per heavy atom. The lowest BCUT2D eigenvalue weighted by molar-refractivity contribution is -0.164. The third-order valence-electron chi connectivity index (χ3n) is 27.1. The van der Waals surface area contributed by atoms with Gasteiger partial charge in [0.1, 0.15) is 42.3 Å². The molecule has 504 valence electrons. The van der Waals surface area contributed by atoms with Crippen molar-refractivity contribution in [1.82, 2.24) is 39.9 Å². The molecule has 0 radical (unpaired) electrons. The molecule has 0 saturated heterocycles. The van der Waals surface area contributed by atoms with Crippen molar-refractivity contribution in [3.63, 3.8) is 0 Å². The fraction of sp³-hybridized carbons (Fsp3) is 0.720. The van der Waals surface area contributed by atoms with Gasteiger partial charge in [0.15, 0.2) is 0 Å². The van der Waals surface area contributed by atoms with E-state index in [2.05, 4.69) is 96.3 Å². The first kappa shape index (κ1) is 65.3. The molecule has 8 aliphatic carbocycles. The number of aliphatic carboxylic acids is 2. The highest BCUT2D eigenvalue weighted by Gasteiger charge is 2.63. The molecule has 5 aromatic rings. The van der Waals surface area contributed by atoms with Crippen molar-refractivity contribution in [3.8, 4) is 22.5 Å². The SMILES string of the molecule is C[C@H](CCC(=O)O)C1CCC2C3CCC4CC(OC(=O)Cn5cc(-c6ccc7c8ccc(-c9cn(CC(=O)O[C@@H]%10CCC%11(C)C%12CCC%13(C)C(CCC%13[C@H](C)CCC(=O)O)C%12CC[C@@H]%11C%10)nn9)cc8n(CCNC(=O)OC(C)(C)C)c7c6)nn5)CCC4(C)C3CCC21C. The Morgan fingerprint density at radius 1 is 0.581 bits per heavy atom. The predicted octanol–water partition coefficient (Wildman–Crippen LogP) is 15.0. The number of hydrogen-bond donors (Lipinski definition) is 3. The Labute approximate surface area is 549 Å². The molecule has 0 bridgehead atoms. The first-order chi connectivity index (χ1) is 44.3. The number of aromatic nitrogens is 7. The molecule has 8 aliphatic rings. The largest absolute Gasteiger partial charge is 0.481 e. The zero-order chi connectivity index (χ0) is 65.5. The molecule has 2 aromatic carbocycles. The average Bonchev–Trinajstić information content (AvgIpc) is 1.71. The van der Waals surface area contributed by atoms with Gasteiger partial charge in [0.25, 0.3) is 0 Å². The van der Waals surface area contributed by atoms with E-state index in [1.54, 1.807) is 21.8 Å². The monoisotopic (exact) mass is 1280 g/mol. The summed E-state index contributed by atoms with van der Waals surface area (Å²) < 4.78 is 23.5. The Morgan fingerprint density at radius 2 is 1.01 bits per heavy atom. The number of carboxylic acid groups (broad SMARTS) is 2. The number of esters is 2. The summed E-state index contributed by atoms with van der Waals surface area (Å²) in [6, 6.07) is 12.4. The van der Waals surface area contributed by atoms with Crippen LogP contribution in [0.15, 0.2) is 48.8 Å². The number of hydrogen-bond acceptors (Lipinski definition) is 12. The number of carbonyl (C=O) groups is 5. The van der Waals surface area contributed by atoms with E-state index < -0.39 is 23.6 Å². The zero-order valence-corrected chi connectivity index (χ0v) is 56.9. The van der Waals surface area contributed by atoms with E-state index in [1.165, 1.54) is 77.0 Å². The van der Waals surface area contributed by atoms with Crippen LogP contribution in [-0.2, 0) is 53.0 Å². The Bertz CT molecular complexity index is 3410. The van der Waals surface area contributed by atoms with Crippen molar-refractivity contribution in [3.05, 3.63) is 48.8 Å². The summed E-state index contributed by atoms with van der Waals surface area (Å²) in [5, 5.41) is 41.8. The third-order valence-corrected chi connectivity index (χ3v) is 27.1. The number of alkyl carbamates (subject to hydrolysis) is 1. The summed E-state index contributed by atoms with van der Waals surface area (Å²) in [5.74, 6) is 5.34. The standard InChI is InChI=1S/C75H104N8O10/c1-44(10-24-66(84)85)56-20-22-58-54-18-14-48-38-50(26-30-72(48,6)60(54)28-32-74(56,58)8)91-68(88)42-81-40-62(77-79-81)46-12-16-52-53-17-13-47(37-65(53)83(64(52)36-46)35-34-76-70(90)93-71(3,4)5)63-41-82(80-78-63)43-69(89)92-51-27-31-73(7)49(39-51)15-19-55-59-23-21-57(45(2)11-25-67(86)87)75(59,9)33-29-61(55)73/h12-13,16-17,36-37,40-41,44-45,48-51,54-61H,10-11,14-15,18-35,38-39,42-43H2,1-9H3,(H,76,90)(H,84,85)(H,86,87)/t44-,45-,48-,49?,50-,51?,54?,55?,56?,57?,58?,59?,60?,61?,72?,73?,74?,75?/m1/s1. The van der Waals surface area contributed by atoms with Crippen molar-refractivity contribution >= 4 is 51.8 Å². The van der Waals surface area contributed by atoms with E-state index >= 15 is 0 Å². The summed E-state index contributed by atoms with van der Waals surface area (Å²) in [6.07, 6.45) is 25.3. The molecule has 0 aliphatic heterocycles. The van der Waals surface area contributed by atoms with Gasteiger partial charge >= 0.3 is 30.0 Å². The molecule has 1 amide bonds. The molecule has 3 N–H and O–H groups in total. The van der Waals surface area contributed by atoms with Gasteiger partial charge in [-0.05, 0) is 254 Å². The van der Waals surface area contributed by atoms with Gasteiger partial charge in [0.05, 0.1) is 12.4 Å². The minimum atomic E-state index is -0.687. The molecule has 14 unspecified atom stereocenters. The number of amides is 1. The summed E-state index contributed by atoms with van der Waals surface area (Å²) in [6.45, 7) is 20.9. The number of carbonyl (C=O) groups excluding carboxylic acids is 3. The van der Waals surface area contributed by atoms with Crippen LogP contribution < -0.4 is 5.32 Å². The number of benzene rings is 2. The highest BCUT2D eigenvalue weighted by Crippen LogP contribution is 2.70. The summed E-state index contributed by atoms with van der Waals surface area (Å²) >= 11 is 0. The number of ether oxygens (including phenoxy) is 3. The van der Waals surface area contributed by atoms with Gasteiger partial charge < -0.3 is 34.3 Å². The van der Waals surface area contributed by atoms with Gasteiger partial charge in [-0.25, -0.2) is 14.2 Å². The van der Waals surface area contributed by atoms with Crippen LogP contribution in [0.3, 0.4) is 0 Å². The average molecular weight is 1280 g/mol. The highest BCUT2D eigenvalue weighted by molar-refractivity contribution is 6.10. The number of nitrogens with one attached hydrogen (secondary N) is 1. The topological polar surface area (TPSA) is 232 Å². The van der Waals surface area contributed by atoms with Gasteiger partial charge in [0.2, 0.25) is 0 Å². The van der Waals surface area contributed by atoms with Crippen LogP contribution in [0.1, 0.15) is 204 Å². The number of carboxylic acids is 2. The maximum absolute atomic E-state index is 13.7. The summed E-state index contributed by atoms with van der Waals surface area (Å²) in [4.78, 5) is 63.3. The van der Waals surface area contributed by atoms with Gasteiger partial charge in [-0.1, -0.05) is 76.2 Å². The lowest BCUT2D eigenvalue weighted by Crippen LogP contribution is -2.54. The quantitative estimate of drug-likeness (QED) is 0.0516. The minimum absolute atomic E-state index is 0.0416. The van der Waals surface area contributed by atoms with Crippen molar-refractivity contribution in [2.24, 2.45) is 92.7 Å². The van der Waals surface area contributed by atoms with Gasteiger partial charge in [-0.15, -0.1) is 10.2 Å². The van der Waals surface area contributed by atoms with Gasteiger partial charge in [-0.2, -0.15) is 0 Å². The highest BCUT2D eigenvalue weighted by atomic mass is 16.6. The molecule has 18 heteroatoms. The second-order valence-corrected chi connectivity index (χ2v) is 33.0. The van der Waals surface area contributed by atoms with E-state index in [0.29, 0.717) is 94.5 Å².